The Morgan fingerprint density at radius 1 is 1.17 bits per heavy atom. The van der Waals surface area contributed by atoms with Crippen LogP contribution in [-0.4, -0.2) is 23.4 Å². The van der Waals surface area contributed by atoms with E-state index in [-0.39, 0.29) is 55.2 Å². The van der Waals surface area contributed by atoms with Gasteiger partial charge in [-0.15, -0.1) is 0 Å². The molecule has 0 aliphatic rings. The maximum absolute atomic E-state index is 7.62. The molecule has 0 bridgehead atoms. The summed E-state index contributed by atoms with van der Waals surface area (Å²) in [5, 5.41) is 15.2. The zero-order chi connectivity index (χ0) is 3.41. The summed E-state index contributed by atoms with van der Waals surface area (Å²) in [4.78, 5) is 0. The zero-order valence-corrected chi connectivity index (χ0v) is 5.37. The SMILES string of the molecule is OCCO.[H-].[Li+].[Ti]. The van der Waals surface area contributed by atoms with E-state index in [1.54, 1.807) is 0 Å². The van der Waals surface area contributed by atoms with Crippen LogP contribution in [0.5, 0.6) is 0 Å². The third-order valence-corrected chi connectivity index (χ3v) is 0.1000. The first kappa shape index (κ1) is 15.7. The van der Waals surface area contributed by atoms with Crippen LogP contribution >= 0.6 is 0 Å². The van der Waals surface area contributed by atoms with Crippen molar-refractivity contribution in [2.24, 2.45) is 0 Å². The van der Waals surface area contributed by atoms with E-state index in [1.165, 1.54) is 0 Å². The van der Waals surface area contributed by atoms with E-state index in [0.717, 1.165) is 0 Å². The van der Waals surface area contributed by atoms with E-state index in [9.17, 15) is 0 Å². The molecule has 6 heavy (non-hydrogen) atoms. The van der Waals surface area contributed by atoms with Crippen LogP contribution in [0.4, 0.5) is 0 Å². The molecule has 0 radical (unpaired) electrons. The Morgan fingerprint density at radius 2 is 1.33 bits per heavy atom. The van der Waals surface area contributed by atoms with E-state index < -0.39 is 0 Å². The van der Waals surface area contributed by atoms with E-state index in [4.69, 9.17) is 10.2 Å². The average Bonchev–Trinajstić information content (AvgIpc) is 1.37. The third kappa shape index (κ3) is 18.8. The number of aliphatic hydroxyl groups is 2. The Labute approximate surface area is 65.5 Å². The van der Waals surface area contributed by atoms with E-state index in [2.05, 4.69) is 0 Å². The molecule has 32 valence electrons. The number of hydrogen-bond donors (Lipinski definition) is 2. The van der Waals surface area contributed by atoms with Gasteiger partial charge >= 0.3 is 18.9 Å². The molecule has 4 heteroatoms. The maximum atomic E-state index is 7.62. The van der Waals surface area contributed by atoms with Crippen LogP contribution < -0.4 is 18.9 Å². The van der Waals surface area contributed by atoms with Crippen molar-refractivity contribution in [2.45, 2.75) is 0 Å². The minimum atomic E-state index is -0.125. The molecule has 2 nitrogen and oxygen atoms in total. The topological polar surface area (TPSA) is 40.5 Å². The number of aliphatic hydroxyl groups excluding tert-OH is 2. The third-order valence-electron chi connectivity index (χ3n) is 0.1000. The van der Waals surface area contributed by atoms with Crippen LogP contribution in [0.25, 0.3) is 0 Å². The average molecular weight is 118 g/mol. The van der Waals surface area contributed by atoms with Gasteiger partial charge in [-0.2, -0.15) is 0 Å². The van der Waals surface area contributed by atoms with Crippen LogP contribution in [-0.2, 0) is 21.7 Å². The van der Waals surface area contributed by atoms with Gasteiger partial charge in [0.2, 0.25) is 0 Å². The Morgan fingerprint density at radius 3 is 1.33 bits per heavy atom. The molecule has 0 spiro atoms. The Bertz CT molecular complexity index is 17.7. The summed E-state index contributed by atoms with van der Waals surface area (Å²) in [6, 6.07) is 0. The van der Waals surface area contributed by atoms with Crippen molar-refractivity contribution in [2.75, 3.05) is 13.2 Å². The fourth-order valence-electron chi connectivity index (χ4n) is 0. The molecule has 0 fully saturated rings. The van der Waals surface area contributed by atoms with Gasteiger partial charge in [0.15, 0.2) is 0 Å². The van der Waals surface area contributed by atoms with Crippen molar-refractivity contribution in [3.8, 4) is 0 Å². The Kier molecular flexibility index (Phi) is 42.7. The van der Waals surface area contributed by atoms with Gasteiger partial charge < -0.3 is 11.6 Å². The predicted octanol–water partition coefficient (Wildman–Crippen LogP) is -3.91. The predicted molar refractivity (Wildman–Crippen MR) is 15.3 cm³/mol. The molecule has 0 saturated carbocycles. The molecule has 0 rings (SSSR count). The van der Waals surface area contributed by atoms with E-state index in [1.807, 2.05) is 0 Å². The summed E-state index contributed by atoms with van der Waals surface area (Å²) in [5.41, 5.74) is 0. The standard InChI is InChI=1S/C2H6O2.Li.Ti.H/c3-1-2-4;;;/h3-4H,1-2H2;;;/q;+1;;-1. The second-order valence-electron chi connectivity index (χ2n) is 0.447. The molecule has 0 amide bonds. The largest absolute Gasteiger partial charge is 1.00 e. The molecule has 0 heterocycles. The van der Waals surface area contributed by atoms with Crippen molar-refractivity contribution in [3.05, 3.63) is 0 Å². The van der Waals surface area contributed by atoms with Crippen LogP contribution in [0.2, 0.25) is 0 Å². The van der Waals surface area contributed by atoms with Gasteiger partial charge in [-0.3, -0.25) is 0 Å². The van der Waals surface area contributed by atoms with Gasteiger partial charge in [0, 0.05) is 21.7 Å². The molecule has 2 N–H and O–H groups in total. The van der Waals surface area contributed by atoms with Gasteiger partial charge in [0.05, 0.1) is 13.2 Å². The first-order valence-electron chi connectivity index (χ1n) is 1.13. The van der Waals surface area contributed by atoms with E-state index in [0.29, 0.717) is 0 Å². The summed E-state index contributed by atoms with van der Waals surface area (Å²) >= 11 is 0. The van der Waals surface area contributed by atoms with Crippen LogP contribution in [0.3, 0.4) is 0 Å². The minimum Gasteiger partial charge on any atom is -1.00 e. The summed E-state index contributed by atoms with van der Waals surface area (Å²) in [6.45, 7) is -0.250. The van der Waals surface area contributed by atoms with Gasteiger partial charge in [-0.1, -0.05) is 0 Å². The fourth-order valence-corrected chi connectivity index (χ4v) is 0. The molecule has 0 aromatic rings. The van der Waals surface area contributed by atoms with Crippen molar-refractivity contribution >= 4 is 0 Å². The summed E-state index contributed by atoms with van der Waals surface area (Å²) in [7, 11) is 0. The first-order valence-corrected chi connectivity index (χ1v) is 1.13. The minimum absolute atomic E-state index is 0. The second-order valence-corrected chi connectivity index (χ2v) is 0.447. The van der Waals surface area contributed by atoms with Gasteiger partial charge in [-0.25, -0.2) is 0 Å². The van der Waals surface area contributed by atoms with Gasteiger partial charge in [0.1, 0.15) is 0 Å². The van der Waals surface area contributed by atoms with Crippen molar-refractivity contribution in [1.29, 1.82) is 0 Å². The zero-order valence-electron chi connectivity index (χ0n) is 4.81. The maximum Gasteiger partial charge on any atom is 1.00 e. The van der Waals surface area contributed by atoms with Crippen LogP contribution in [0.1, 0.15) is 1.43 Å². The number of hydrogen-bond acceptors (Lipinski definition) is 2. The molecule has 0 unspecified atom stereocenters. The normalized spacial score (nSPS) is 5.00. The smallest absolute Gasteiger partial charge is 1.00 e. The summed E-state index contributed by atoms with van der Waals surface area (Å²) in [5.74, 6) is 0. The molecule has 0 saturated heterocycles. The molecule has 0 aromatic carbocycles. The van der Waals surface area contributed by atoms with E-state index >= 15 is 0 Å². The summed E-state index contributed by atoms with van der Waals surface area (Å²) in [6.07, 6.45) is 0. The molecule has 0 aliphatic heterocycles. The van der Waals surface area contributed by atoms with Crippen molar-refractivity contribution in [3.63, 3.8) is 0 Å². The number of rotatable bonds is 1. The quantitative estimate of drug-likeness (QED) is 0.345. The van der Waals surface area contributed by atoms with Crippen molar-refractivity contribution < 1.29 is 52.2 Å². The molecular formula is C2H7LiO2Ti. The van der Waals surface area contributed by atoms with Crippen LogP contribution in [0.15, 0.2) is 0 Å². The molecule has 0 atom stereocenters. The summed E-state index contributed by atoms with van der Waals surface area (Å²) < 4.78 is 0. The second kappa shape index (κ2) is 16.3. The Balaban J connectivity index is -0.0000000150. The molecule has 0 aliphatic carbocycles. The molecular weight excluding hydrogens is 111 g/mol. The Hall–Kier alpha value is 1.23. The molecule has 0 aromatic heterocycles. The van der Waals surface area contributed by atoms with Gasteiger partial charge in [-0.05, 0) is 0 Å². The van der Waals surface area contributed by atoms with Crippen LogP contribution in [0, 0.1) is 0 Å². The van der Waals surface area contributed by atoms with Crippen molar-refractivity contribution in [1.82, 2.24) is 0 Å². The first-order chi connectivity index (χ1) is 1.91. The van der Waals surface area contributed by atoms with Gasteiger partial charge in [0.25, 0.3) is 0 Å². The fraction of sp³-hybridized carbons (Fsp3) is 1.00. The monoisotopic (exact) mass is 118 g/mol.